The molecule has 1 heterocycles. The lowest BCUT2D eigenvalue weighted by molar-refractivity contribution is 0.0781. The van der Waals surface area contributed by atoms with Gasteiger partial charge in [0.05, 0.1) is 16.8 Å². The largest absolute Gasteiger partial charge is 0.494 e. The van der Waals surface area contributed by atoms with Crippen LogP contribution in [-0.4, -0.2) is 41.2 Å². The number of ether oxygens (including phenoxy) is 1. The summed E-state index contributed by atoms with van der Waals surface area (Å²) in [5.74, 6) is 0.924. The van der Waals surface area contributed by atoms with Crippen LogP contribution in [0.5, 0.6) is 5.75 Å². The molecule has 0 aliphatic rings. The maximum absolute atomic E-state index is 12.5. The van der Waals surface area contributed by atoms with Gasteiger partial charge in [-0.05, 0) is 52.5 Å². The smallest absolute Gasteiger partial charge is 0.275 e. The highest BCUT2D eigenvalue weighted by Crippen LogP contribution is 2.26. The number of aromatic amines is 1. The molecule has 1 aromatic heterocycles. The summed E-state index contributed by atoms with van der Waals surface area (Å²) in [5, 5.41) is 7.74. The van der Waals surface area contributed by atoms with Gasteiger partial charge in [0.2, 0.25) is 0 Å². The van der Waals surface area contributed by atoms with E-state index in [-0.39, 0.29) is 11.8 Å². The number of halogens is 2. The van der Waals surface area contributed by atoms with Crippen LogP contribution in [0, 0.1) is 0 Å². The Balaban J connectivity index is 1.82. The summed E-state index contributed by atoms with van der Waals surface area (Å²) < 4.78 is 6.37. The Kier molecular flexibility index (Phi) is 6.69. The van der Waals surface area contributed by atoms with Gasteiger partial charge in [0, 0.05) is 18.6 Å². The molecule has 0 bridgehead atoms. The van der Waals surface area contributed by atoms with Gasteiger partial charge in [0.1, 0.15) is 5.75 Å². The van der Waals surface area contributed by atoms with Gasteiger partial charge < -0.3 is 9.64 Å². The lowest BCUT2D eigenvalue weighted by atomic mass is 10.1. The number of H-pyrrole nitrogens is 1. The van der Waals surface area contributed by atoms with E-state index in [0.717, 1.165) is 22.3 Å². The highest BCUT2D eigenvalue weighted by atomic mass is 79.9. The number of nitrogens with one attached hydrogen (secondary N) is 1. The second kappa shape index (κ2) is 8.53. The Morgan fingerprint density at radius 3 is 2.62 bits per heavy atom. The molecule has 0 saturated heterocycles. The molecular formula is C17H21BrClN3O2. The zero-order chi connectivity index (χ0) is 17.7. The Morgan fingerprint density at radius 2 is 2.04 bits per heavy atom. The van der Waals surface area contributed by atoms with E-state index in [4.69, 9.17) is 16.3 Å². The quantitative estimate of drug-likeness (QED) is 0.679. The first-order valence-electron chi connectivity index (χ1n) is 7.77. The van der Waals surface area contributed by atoms with Crippen LogP contribution in [0.25, 0.3) is 0 Å². The highest BCUT2D eigenvalue weighted by Gasteiger charge is 2.21. The van der Waals surface area contributed by atoms with Crippen molar-refractivity contribution in [1.29, 1.82) is 0 Å². The third-order valence-corrected chi connectivity index (χ3v) is 4.63. The first-order chi connectivity index (χ1) is 11.4. The molecule has 1 amide bonds. The fourth-order valence-electron chi connectivity index (χ4n) is 2.17. The number of hydrogen-bond donors (Lipinski definition) is 1. The van der Waals surface area contributed by atoms with Crippen molar-refractivity contribution in [2.45, 2.75) is 26.2 Å². The molecule has 1 N–H and O–H groups in total. The summed E-state index contributed by atoms with van der Waals surface area (Å²) in [6.07, 6.45) is 0.726. The second-order valence-electron chi connectivity index (χ2n) is 5.84. The zero-order valence-corrected chi connectivity index (χ0v) is 16.3. The number of carbonyl (C=O) groups excluding carboxylic acids is 1. The standard InChI is InChI=1S/C17H21BrClN3O2/c1-11(2)15-14(18)16(21-20-15)17(23)22(3)9-4-10-24-13-7-5-12(19)6-8-13/h5-8,11H,4,9-10H2,1-3H3,(H,20,21). The minimum atomic E-state index is -0.114. The molecular weight excluding hydrogens is 394 g/mol. The molecule has 0 aliphatic heterocycles. The molecule has 0 aliphatic carbocycles. The Bertz CT molecular complexity index is 686. The molecule has 5 nitrogen and oxygen atoms in total. The maximum atomic E-state index is 12.5. The Morgan fingerprint density at radius 1 is 1.38 bits per heavy atom. The van der Waals surface area contributed by atoms with E-state index < -0.39 is 0 Å². The molecule has 0 spiro atoms. The number of hydrogen-bond acceptors (Lipinski definition) is 3. The van der Waals surface area contributed by atoms with Gasteiger partial charge in [-0.1, -0.05) is 25.4 Å². The fourth-order valence-corrected chi connectivity index (χ4v) is 3.10. The monoisotopic (exact) mass is 413 g/mol. The lowest BCUT2D eigenvalue weighted by Crippen LogP contribution is -2.29. The van der Waals surface area contributed by atoms with E-state index in [9.17, 15) is 4.79 Å². The number of nitrogens with zero attached hydrogens (tertiary/aromatic N) is 2. The van der Waals surface area contributed by atoms with Crippen LogP contribution in [0.4, 0.5) is 0 Å². The van der Waals surface area contributed by atoms with Crippen molar-refractivity contribution >= 4 is 33.4 Å². The summed E-state index contributed by atoms with van der Waals surface area (Å²) in [6.45, 7) is 5.20. The van der Waals surface area contributed by atoms with Gasteiger partial charge >= 0.3 is 0 Å². The van der Waals surface area contributed by atoms with Crippen LogP contribution >= 0.6 is 27.5 Å². The number of aromatic nitrogens is 2. The SMILES string of the molecule is CC(C)c1[nH]nc(C(=O)N(C)CCCOc2ccc(Cl)cc2)c1Br. The molecule has 0 fully saturated rings. The summed E-state index contributed by atoms with van der Waals surface area (Å²) in [4.78, 5) is 14.1. The van der Waals surface area contributed by atoms with Crippen molar-refractivity contribution in [2.75, 3.05) is 20.2 Å². The molecule has 130 valence electrons. The van der Waals surface area contributed by atoms with E-state index in [1.54, 1.807) is 24.1 Å². The van der Waals surface area contributed by atoms with Crippen LogP contribution in [0.2, 0.25) is 5.02 Å². The topological polar surface area (TPSA) is 58.2 Å². The molecule has 1 aromatic carbocycles. The lowest BCUT2D eigenvalue weighted by Gasteiger charge is -2.16. The van der Waals surface area contributed by atoms with Gasteiger partial charge in [-0.15, -0.1) is 0 Å². The molecule has 24 heavy (non-hydrogen) atoms. The van der Waals surface area contributed by atoms with Gasteiger partial charge in [0.25, 0.3) is 5.91 Å². The number of amides is 1. The molecule has 0 radical (unpaired) electrons. The number of carbonyl (C=O) groups is 1. The summed E-state index contributed by atoms with van der Waals surface area (Å²) in [6, 6.07) is 7.22. The second-order valence-corrected chi connectivity index (χ2v) is 7.07. The average Bonchev–Trinajstić information content (AvgIpc) is 2.94. The summed E-state index contributed by atoms with van der Waals surface area (Å²) >= 11 is 9.29. The predicted octanol–water partition coefficient (Wildman–Crippen LogP) is 4.49. The molecule has 2 rings (SSSR count). The molecule has 0 saturated carbocycles. The normalized spacial score (nSPS) is 10.9. The zero-order valence-electron chi connectivity index (χ0n) is 14.0. The van der Waals surface area contributed by atoms with E-state index >= 15 is 0 Å². The van der Waals surface area contributed by atoms with Crippen molar-refractivity contribution in [3.05, 3.63) is 45.1 Å². The van der Waals surface area contributed by atoms with E-state index in [0.29, 0.717) is 23.9 Å². The van der Waals surface area contributed by atoms with Gasteiger partial charge in [0.15, 0.2) is 5.69 Å². The van der Waals surface area contributed by atoms with Gasteiger partial charge in [-0.2, -0.15) is 5.10 Å². The molecule has 7 heteroatoms. The first kappa shape index (κ1) is 18.8. The summed E-state index contributed by atoms with van der Waals surface area (Å²) in [7, 11) is 1.76. The van der Waals surface area contributed by atoms with Crippen molar-refractivity contribution in [3.8, 4) is 5.75 Å². The van der Waals surface area contributed by atoms with Crippen LogP contribution in [0.3, 0.4) is 0 Å². The minimum absolute atomic E-state index is 0.114. The third kappa shape index (κ3) is 4.74. The van der Waals surface area contributed by atoms with Crippen LogP contribution in [0.1, 0.15) is 42.4 Å². The Labute approximate surface area is 155 Å². The van der Waals surface area contributed by atoms with E-state index in [2.05, 4.69) is 26.1 Å². The molecule has 2 aromatic rings. The Hall–Kier alpha value is -1.53. The van der Waals surface area contributed by atoms with E-state index in [1.807, 2.05) is 26.0 Å². The number of benzene rings is 1. The van der Waals surface area contributed by atoms with Gasteiger partial charge in [-0.25, -0.2) is 0 Å². The van der Waals surface area contributed by atoms with E-state index in [1.165, 1.54) is 0 Å². The molecule has 0 atom stereocenters. The van der Waals surface area contributed by atoms with Crippen LogP contribution in [-0.2, 0) is 0 Å². The van der Waals surface area contributed by atoms with Gasteiger partial charge in [-0.3, -0.25) is 9.89 Å². The third-order valence-electron chi connectivity index (χ3n) is 3.58. The predicted molar refractivity (Wildman–Crippen MR) is 98.9 cm³/mol. The minimum Gasteiger partial charge on any atom is -0.494 e. The summed E-state index contributed by atoms with van der Waals surface area (Å²) in [5.41, 5.74) is 1.35. The van der Waals surface area contributed by atoms with Crippen molar-refractivity contribution < 1.29 is 9.53 Å². The molecule has 0 unspecified atom stereocenters. The first-order valence-corrected chi connectivity index (χ1v) is 8.94. The van der Waals surface area contributed by atoms with Crippen molar-refractivity contribution in [1.82, 2.24) is 15.1 Å². The van der Waals surface area contributed by atoms with Crippen molar-refractivity contribution in [2.24, 2.45) is 0 Å². The van der Waals surface area contributed by atoms with Crippen LogP contribution in [0.15, 0.2) is 28.7 Å². The fraction of sp³-hybridized carbons (Fsp3) is 0.412. The highest BCUT2D eigenvalue weighted by molar-refractivity contribution is 9.10. The number of rotatable bonds is 7. The van der Waals surface area contributed by atoms with Crippen molar-refractivity contribution in [3.63, 3.8) is 0 Å². The maximum Gasteiger partial charge on any atom is 0.275 e. The van der Waals surface area contributed by atoms with Crippen LogP contribution < -0.4 is 4.74 Å². The average molecular weight is 415 g/mol.